The summed E-state index contributed by atoms with van der Waals surface area (Å²) in [4.78, 5) is 24.4. The molecule has 1 amide bonds. The number of amides is 1. The highest BCUT2D eigenvalue weighted by atomic mass is 16.7. The van der Waals surface area contributed by atoms with Crippen molar-refractivity contribution in [2.75, 3.05) is 18.7 Å². The molecule has 0 radical (unpaired) electrons. The van der Waals surface area contributed by atoms with Crippen molar-refractivity contribution < 1.29 is 19.0 Å². The number of carbonyl (C=O) groups excluding carboxylic acids is 1. The van der Waals surface area contributed by atoms with Crippen LogP contribution in [0.4, 0.5) is 5.69 Å². The van der Waals surface area contributed by atoms with Gasteiger partial charge in [-0.15, -0.1) is 0 Å². The van der Waals surface area contributed by atoms with Gasteiger partial charge in [0.2, 0.25) is 12.7 Å². The third-order valence-corrected chi connectivity index (χ3v) is 3.42. The zero-order chi connectivity index (χ0) is 16.9. The van der Waals surface area contributed by atoms with Crippen molar-refractivity contribution in [2.45, 2.75) is 19.9 Å². The monoisotopic (exact) mass is 330 g/mol. The molecule has 0 spiro atoms. The Morgan fingerprint density at radius 2 is 2.12 bits per heavy atom. The van der Waals surface area contributed by atoms with Crippen LogP contribution in [-0.2, 0) is 11.3 Å². The summed E-state index contributed by atoms with van der Waals surface area (Å²) in [6.07, 6.45) is 2.36. The lowest BCUT2D eigenvalue weighted by atomic mass is 10.2. The van der Waals surface area contributed by atoms with Crippen LogP contribution >= 0.6 is 0 Å². The third kappa shape index (κ3) is 3.51. The predicted octanol–water partition coefficient (Wildman–Crippen LogP) is 2.00. The number of carbonyl (C=O) groups is 1. The van der Waals surface area contributed by atoms with E-state index in [4.69, 9.17) is 14.2 Å². The van der Waals surface area contributed by atoms with Gasteiger partial charge in [-0.2, -0.15) is 0 Å². The largest absolute Gasteiger partial charge is 0.488 e. The Balaban J connectivity index is 1.68. The molecule has 7 nitrogen and oxygen atoms in total. The second-order valence-electron chi connectivity index (χ2n) is 5.27. The van der Waals surface area contributed by atoms with Crippen molar-refractivity contribution in [1.29, 1.82) is 0 Å². The van der Waals surface area contributed by atoms with E-state index in [0.29, 0.717) is 23.8 Å². The van der Waals surface area contributed by atoms with Crippen molar-refractivity contribution in [3.63, 3.8) is 0 Å². The topological polar surface area (TPSA) is 78.8 Å². The Bertz CT molecular complexity index is 800. The predicted molar refractivity (Wildman–Crippen MR) is 87.7 cm³/mol. The maximum Gasteiger partial charge on any atom is 0.293 e. The van der Waals surface area contributed by atoms with Crippen molar-refractivity contribution in [3.05, 3.63) is 46.9 Å². The van der Waals surface area contributed by atoms with Gasteiger partial charge < -0.3 is 24.1 Å². The summed E-state index contributed by atoms with van der Waals surface area (Å²) in [5.74, 6) is 1.16. The summed E-state index contributed by atoms with van der Waals surface area (Å²) >= 11 is 0. The summed E-state index contributed by atoms with van der Waals surface area (Å²) in [6.45, 7) is 2.49. The van der Waals surface area contributed by atoms with E-state index in [9.17, 15) is 9.59 Å². The average molecular weight is 330 g/mol. The standard InChI is InChI=1S/C17H18N2O5/c1-2-8-22-14-4-3-7-19(17(14)21)10-16(20)18-12-5-6-13-15(9-12)24-11-23-13/h3-7,9H,2,8,10-11H2,1H3,(H,18,20). The average Bonchev–Trinajstić information content (AvgIpc) is 3.03. The van der Waals surface area contributed by atoms with Gasteiger partial charge in [-0.05, 0) is 30.7 Å². The van der Waals surface area contributed by atoms with Crippen LogP contribution in [0.2, 0.25) is 0 Å². The van der Waals surface area contributed by atoms with Crippen LogP contribution in [0.1, 0.15) is 13.3 Å². The second kappa shape index (κ2) is 7.08. The molecule has 3 rings (SSSR count). The molecule has 1 aliphatic heterocycles. The molecule has 0 saturated carbocycles. The highest BCUT2D eigenvalue weighted by Crippen LogP contribution is 2.34. The van der Waals surface area contributed by atoms with Crippen LogP contribution in [0, 0.1) is 0 Å². The van der Waals surface area contributed by atoms with Gasteiger partial charge in [0, 0.05) is 18.0 Å². The van der Waals surface area contributed by atoms with E-state index < -0.39 is 0 Å². The number of anilines is 1. The minimum atomic E-state index is -0.327. The number of nitrogens with one attached hydrogen (secondary N) is 1. The van der Waals surface area contributed by atoms with Crippen LogP contribution in [-0.4, -0.2) is 23.9 Å². The Morgan fingerprint density at radius 3 is 2.96 bits per heavy atom. The summed E-state index contributed by atoms with van der Waals surface area (Å²) in [6, 6.07) is 8.41. The Kier molecular flexibility index (Phi) is 4.69. The molecule has 2 aromatic rings. The maximum absolute atomic E-state index is 12.2. The number of pyridine rings is 1. The zero-order valence-electron chi connectivity index (χ0n) is 13.3. The number of benzene rings is 1. The molecular formula is C17H18N2O5. The first-order valence-electron chi connectivity index (χ1n) is 7.69. The number of rotatable bonds is 6. The number of ether oxygens (including phenoxy) is 3. The van der Waals surface area contributed by atoms with Crippen LogP contribution in [0.5, 0.6) is 17.2 Å². The molecule has 2 heterocycles. The van der Waals surface area contributed by atoms with Gasteiger partial charge >= 0.3 is 0 Å². The molecule has 126 valence electrons. The molecule has 0 saturated heterocycles. The Hall–Kier alpha value is -2.96. The first-order valence-corrected chi connectivity index (χ1v) is 7.69. The van der Waals surface area contributed by atoms with Crippen molar-refractivity contribution in [2.24, 2.45) is 0 Å². The van der Waals surface area contributed by atoms with Gasteiger partial charge in [-0.25, -0.2) is 0 Å². The van der Waals surface area contributed by atoms with E-state index in [1.807, 2.05) is 6.92 Å². The van der Waals surface area contributed by atoms with Crippen molar-refractivity contribution >= 4 is 11.6 Å². The number of aromatic nitrogens is 1. The van der Waals surface area contributed by atoms with Gasteiger partial charge in [-0.1, -0.05) is 6.92 Å². The molecule has 0 unspecified atom stereocenters. The molecule has 24 heavy (non-hydrogen) atoms. The smallest absolute Gasteiger partial charge is 0.293 e. The number of hydrogen-bond acceptors (Lipinski definition) is 5. The van der Waals surface area contributed by atoms with Crippen molar-refractivity contribution in [3.8, 4) is 17.2 Å². The van der Waals surface area contributed by atoms with Crippen LogP contribution in [0.25, 0.3) is 0 Å². The van der Waals surface area contributed by atoms with E-state index >= 15 is 0 Å². The normalized spacial score (nSPS) is 12.0. The molecule has 0 bridgehead atoms. The zero-order valence-corrected chi connectivity index (χ0v) is 13.3. The molecule has 0 fully saturated rings. The lowest BCUT2D eigenvalue weighted by molar-refractivity contribution is -0.116. The highest BCUT2D eigenvalue weighted by molar-refractivity contribution is 5.91. The van der Waals surface area contributed by atoms with Gasteiger partial charge in [0.15, 0.2) is 17.2 Å². The third-order valence-electron chi connectivity index (χ3n) is 3.42. The number of hydrogen-bond donors (Lipinski definition) is 1. The summed E-state index contributed by atoms with van der Waals surface area (Å²) < 4.78 is 17.2. The lowest BCUT2D eigenvalue weighted by Crippen LogP contribution is -2.28. The maximum atomic E-state index is 12.2. The van der Waals surface area contributed by atoms with Crippen molar-refractivity contribution in [1.82, 2.24) is 4.57 Å². The summed E-state index contributed by atoms with van der Waals surface area (Å²) in [7, 11) is 0. The Morgan fingerprint density at radius 1 is 1.29 bits per heavy atom. The fraction of sp³-hybridized carbons (Fsp3) is 0.294. The minimum absolute atomic E-state index is 0.101. The summed E-state index contributed by atoms with van der Waals surface area (Å²) in [5, 5.41) is 2.73. The fourth-order valence-corrected chi connectivity index (χ4v) is 2.29. The first-order chi connectivity index (χ1) is 11.7. The lowest BCUT2D eigenvalue weighted by Gasteiger charge is -2.10. The molecule has 1 aromatic heterocycles. The highest BCUT2D eigenvalue weighted by Gasteiger charge is 2.14. The SMILES string of the molecule is CCCOc1cccn(CC(=O)Nc2ccc3c(c2)OCO3)c1=O. The second-order valence-corrected chi connectivity index (χ2v) is 5.27. The van der Waals surface area contributed by atoms with Gasteiger partial charge in [0.05, 0.1) is 6.61 Å². The Labute approximate surface area is 138 Å². The van der Waals surface area contributed by atoms with E-state index in [-0.39, 0.29) is 30.6 Å². The van der Waals surface area contributed by atoms with Gasteiger partial charge in [-0.3, -0.25) is 9.59 Å². The molecule has 7 heteroatoms. The van der Waals surface area contributed by atoms with E-state index in [0.717, 1.165) is 6.42 Å². The molecule has 1 aromatic carbocycles. The molecule has 1 aliphatic rings. The summed E-state index contributed by atoms with van der Waals surface area (Å²) in [5.41, 5.74) is 0.252. The van der Waals surface area contributed by atoms with Crippen LogP contribution in [0.3, 0.4) is 0 Å². The molecular weight excluding hydrogens is 312 g/mol. The molecule has 0 atom stereocenters. The number of nitrogens with zero attached hydrogens (tertiary/aromatic N) is 1. The first kappa shape index (κ1) is 15.9. The van der Waals surface area contributed by atoms with E-state index in [2.05, 4.69) is 5.32 Å². The van der Waals surface area contributed by atoms with Gasteiger partial charge in [0.1, 0.15) is 6.54 Å². The van der Waals surface area contributed by atoms with Crippen LogP contribution in [0.15, 0.2) is 41.3 Å². The van der Waals surface area contributed by atoms with E-state index in [1.165, 1.54) is 4.57 Å². The fourth-order valence-electron chi connectivity index (χ4n) is 2.29. The quantitative estimate of drug-likeness (QED) is 0.876. The molecule has 0 aliphatic carbocycles. The minimum Gasteiger partial charge on any atom is -0.488 e. The molecule has 1 N–H and O–H groups in total. The number of fused-ring (bicyclic) bond motifs is 1. The van der Waals surface area contributed by atoms with Crippen LogP contribution < -0.4 is 25.1 Å². The van der Waals surface area contributed by atoms with Gasteiger partial charge in [0.25, 0.3) is 5.56 Å². The van der Waals surface area contributed by atoms with E-state index in [1.54, 1.807) is 36.5 Å².